The number of ether oxygens (including phenoxy) is 1. The number of methoxy groups -OCH3 is 1. The van der Waals surface area contributed by atoms with Crippen LogP contribution >= 0.6 is 0 Å². The number of rotatable bonds is 5. The van der Waals surface area contributed by atoms with Gasteiger partial charge in [0.05, 0.1) is 13.4 Å². The molecule has 1 atom stereocenters. The number of carbonyl (C=O) groups is 1. The number of hydrogen-bond donors (Lipinski definition) is 1. The first-order valence-electron chi connectivity index (χ1n) is 6.48. The van der Waals surface area contributed by atoms with Crippen molar-refractivity contribution >= 4 is 5.97 Å². The molecule has 2 heterocycles. The lowest BCUT2D eigenvalue weighted by atomic mass is 10.1. The van der Waals surface area contributed by atoms with Gasteiger partial charge in [-0.05, 0) is 32.9 Å². The molecule has 0 amide bonds. The van der Waals surface area contributed by atoms with Crippen molar-refractivity contribution in [2.24, 2.45) is 0 Å². The summed E-state index contributed by atoms with van der Waals surface area (Å²) in [5.74, 6) is 1.58. The third kappa shape index (κ3) is 2.93. The SMILES string of the molecule is COC(=O)c1occc1CNC(C)c1cc(C)oc1C. The summed E-state index contributed by atoms with van der Waals surface area (Å²) < 4.78 is 15.3. The van der Waals surface area contributed by atoms with Crippen molar-refractivity contribution < 1.29 is 18.4 Å². The number of carbonyl (C=O) groups excluding carboxylic acids is 1. The summed E-state index contributed by atoms with van der Waals surface area (Å²) in [5, 5.41) is 3.35. The van der Waals surface area contributed by atoms with Gasteiger partial charge in [0.15, 0.2) is 0 Å². The van der Waals surface area contributed by atoms with Crippen LogP contribution in [0, 0.1) is 13.8 Å². The van der Waals surface area contributed by atoms with Gasteiger partial charge in [0.2, 0.25) is 5.76 Å². The van der Waals surface area contributed by atoms with Crippen molar-refractivity contribution in [1.29, 1.82) is 0 Å². The average molecular weight is 277 g/mol. The van der Waals surface area contributed by atoms with Crippen LogP contribution in [-0.4, -0.2) is 13.1 Å². The van der Waals surface area contributed by atoms with Gasteiger partial charge in [0, 0.05) is 23.7 Å². The van der Waals surface area contributed by atoms with E-state index in [0.717, 1.165) is 22.6 Å². The highest BCUT2D eigenvalue weighted by molar-refractivity contribution is 5.87. The molecule has 0 aliphatic carbocycles. The highest BCUT2D eigenvalue weighted by Gasteiger charge is 2.17. The molecular formula is C15H19NO4. The molecule has 0 radical (unpaired) electrons. The van der Waals surface area contributed by atoms with Crippen molar-refractivity contribution in [1.82, 2.24) is 5.32 Å². The minimum atomic E-state index is -0.463. The molecule has 0 aliphatic rings. The maximum Gasteiger partial charge on any atom is 0.374 e. The maximum absolute atomic E-state index is 11.5. The first kappa shape index (κ1) is 14.4. The van der Waals surface area contributed by atoms with E-state index in [2.05, 4.69) is 17.0 Å². The predicted octanol–water partition coefficient (Wildman–Crippen LogP) is 3.13. The Labute approximate surface area is 117 Å². The fourth-order valence-electron chi connectivity index (χ4n) is 2.20. The van der Waals surface area contributed by atoms with Crippen LogP contribution in [0.5, 0.6) is 0 Å². The van der Waals surface area contributed by atoms with Gasteiger partial charge in [-0.25, -0.2) is 4.79 Å². The molecule has 5 heteroatoms. The molecule has 2 aromatic rings. The fourth-order valence-corrected chi connectivity index (χ4v) is 2.20. The Morgan fingerprint density at radius 2 is 2.20 bits per heavy atom. The van der Waals surface area contributed by atoms with E-state index in [0.29, 0.717) is 6.54 Å². The van der Waals surface area contributed by atoms with E-state index in [-0.39, 0.29) is 11.8 Å². The second kappa shape index (κ2) is 5.96. The number of aryl methyl sites for hydroxylation is 2. The zero-order valence-electron chi connectivity index (χ0n) is 12.1. The topological polar surface area (TPSA) is 64.6 Å². The molecule has 0 saturated carbocycles. The van der Waals surface area contributed by atoms with Crippen LogP contribution in [0.1, 0.15) is 46.2 Å². The molecule has 0 spiro atoms. The lowest BCUT2D eigenvalue weighted by Crippen LogP contribution is -2.19. The Balaban J connectivity index is 2.04. The van der Waals surface area contributed by atoms with E-state index in [4.69, 9.17) is 8.83 Å². The quantitative estimate of drug-likeness (QED) is 0.851. The molecular weight excluding hydrogens is 258 g/mol. The Hall–Kier alpha value is -2.01. The van der Waals surface area contributed by atoms with Crippen LogP contribution in [0.4, 0.5) is 0 Å². The lowest BCUT2D eigenvalue weighted by molar-refractivity contribution is 0.0563. The van der Waals surface area contributed by atoms with E-state index in [9.17, 15) is 4.79 Å². The lowest BCUT2D eigenvalue weighted by Gasteiger charge is -2.12. The van der Waals surface area contributed by atoms with Crippen LogP contribution < -0.4 is 5.32 Å². The minimum Gasteiger partial charge on any atom is -0.466 e. The second-order valence-corrected chi connectivity index (χ2v) is 4.74. The molecule has 0 aliphatic heterocycles. The van der Waals surface area contributed by atoms with Gasteiger partial charge in [-0.3, -0.25) is 0 Å². The Kier molecular flexibility index (Phi) is 4.29. The van der Waals surface area contributed by atoms with E-state index in [1.54, 1.807) is 6.07 Å². The van der Waals surface area contributed by atoms with Gasteiger partial charge in [-0.15, -0.1) is 0 Å². The Morgan fingerprint density at radius 3 is 2.80 bits per heavy atom. The number of nitrogens with one attached hydrogen (secondary N) is 1. The average Bonchev–Trinajstić information content (AvgIpc) is 3.01. The molecule has 1 N–H and O–H groups in total. The number of hydrogen-bond acceptors (Lipinski definition) is 5. The molecule has 0 aromatic carbocycles. The van der Waals surface area contributed by atoms with Gasteiger partial charge in [-0.1, -0.05) is 0 Å². The van der Waals surface area contributed by atoms with Gasteiger partial charge < -0.3 is 18.9 Å². The molecule has 2 rings (SSSR count). The van der Waals surface area contributed by atoms with E-state index < -0.39 is 5.97 Å². The van der Waals surface area contributed by atoms with E-state index in [1.165, 1.54) is 13.4 Å². The molecule has 20 heavy (non-hydrogen) atoms. The fraction of sp³-hybridized carbons (Fsp3) is 0.400. The highest BCUT2D eigenvalue weighted by Crippen LogP contribution is 2.22. The molecule has 0 bridgehead atoms. The second-order valence-electron chi connectivity index (χ2n) is 4.74. The standard InChI is InChI=1S/C15H19NO4/c1-9-7-13(11(3)20-9)10(2)16-8-12-5-6-19-14(12)15(17)18-4/h5-7,10,16H,8H2,1-4H3. The van der Waals surface area contributed by atoms with Crippen LogP contribution in [-0.2, 0) is 11.3 Å². The molecule has 0 saturated heterocycles. The maximum atomic E-state index is 11.5. The molecule has 2 aromatic heterocycles. The van der Waals surface area contributed by atoms with Gasteiger partial charge in [0.1, 0.15) is 11.5 Å². The zero-order valence-corrected chi connectivity index (χ0v) is 12.1. The summed E-state index contributed by atoms with van der Waals surface area (Å²) in [7, 11) is 1.34. The summed E-state index contributed by atoms with van der Waals surface area (Å²) >= 11 is 0. The highest BCUT2D eigenvalue weighted by atomic mass is 16.5. The van der Waals surface area contributed by atoms with Crippen molar-refractivity contribution in [3.8, 4) is 0 Å². The first-order valence-corrected chi connectivity index (χ1v) is 6.48. The predicted molar refractivity (Wildman–Crippen MR) is 73.5 cm³/mol. The third-order valence-corrected chi connectivity index (χ3v) is 3.26. The molecule has 1 unspecified atom stereocenters. The molecule has 108 valence electrons. The zero-order chi connectivity index (χ0) is 14.7. The monoisotopic (exact) mass is 277 g/mol. The first-order chi connectivity index (χ1) is 9.52. The summed E-state index contributed by atoms with van der Waals surface area (Å²) in [6.07, 6.45) is 1.49. The Bertz CT molecular complexity index is 597. The van der Waals surface area contributed by atoms with Crippen molar-refractivity contribution in [2.45, 2.75) is 33.4 Å². The van der Waals surface area contributed by atoms with E-state index in [1.807, 2.05) is 19.9 Å². The van der Waals surface area contributed by atoms with Crippen molar-refractivity contribution in [3.63, 3.8) is 0 Å². The van der Waals surface area contributed by atoms with Gasteiger partial charge in [-0.2, -0.15) is 0 Å². The van der Waals surface area contributed by atoms with Gasteiger partial charge >= 0.3 is 5.97 Å². The van der Waals surface area contributed by atoms with Crippen molar-refractivity contribution in [2.75, 3.05) is 7.11 Å². The van der Waals surface area contributed by atoms with Gasteiger partial charge in [0.25, 0.3) is 0 Å². The summed E-state index contributed by atoms with van der Waals surface area (Å²) in [6, 6.07) is 3.90. The van der Waals surface area contributed by atoms with Crippen LogP contribution in [0.15, 0.2) is 27.2 Å². The number of furan rings is 2. The number of esters is 1. The van der Waals surface area contributed by atoms with Crippen LogP contribution in [0.2, 0.25) is 0 Å². The summed E-state index contributed by atoms with van der Waals surface area (Å²) in [6.45, 7) is 6.44. The smallest absolute Gasteiger partial charge is 0.374 e. The summed E-state index contributed by atoms with van der Waals surface area (Å²) in [5.41, 5.74) is 1.90. The van der Waals surface area contributed by atoms with Crippen LogP contribution in [0.25, 0.3) is 0 Å². The third-order valence-electron chi connectivity index (χ3n) is 3.26. The molecule has 0 fully saturated rings. The largest absolute Gasteiger partial charge is 0.466 e. The molecule has 5 nitrogen and oxygen atoms in total. The summed E-state index contributed by atoms with van der Waals surface area (Å²) in [4.78, 5) is 11.5. The Morgan fingerprint density at radius 1 is 1.45 bits per heavy atom. The van der Waals surface area contributed by atoms with Crippen molar-refractivity contribution in [3.05, 3.63) is 46.8 Å². The normalized spacial score (nSPS) is 12.4. The minimum absolute atomic E-state index is 0.118. The van der Waals surface area contributed by atoms with E-state index >= 15 is 0 Å². The van der Waals surface area contributed by atoms with Crippen LogP contribution in [0.3, 0.4) is 0 Å².